The van der Waals surface area contributed by atoms with Gasteiger partial charge in [-0.1, -0.05) is 13.3 Å². The average molecular weight is 411 g/mol. The predicted molar refractivity (Wildman–Crippen MR) is 112 cm³/mol. The lowest BCUT2D eigenvalue weighted by Crippen LogP contribution is -2.50. The summed E-state index contributed by atoms with van der Waals surface area (Å²) in [4.78, 5) is 15.8. The molecule has 2 rings (SSSR count). The molecular formula is C22H35FN2O4. The van der Waals surface area contributed by atoms with Crippen molar-refractivity contribution in [1.82, 2.24) is 4.90 Å². The summed E-state index contributed by atoms with van der Waals surface area (Å²) in [7, 11) is 0. The van der Waals surface area contributed by atoms with Crippen molar-refractivity contribution in [2.24, 2.45) is 0 Å². The molecule has 0 spiro atoms. The minimum absolute atomic E-state index is 0.0187. The molecule has 1 heterocycles. The summed E-state index contributed by atoms with van der Waals surface area (Å²) in [5.74, 6) is 0.181. The minimum atomic E-state index is -0.525. The van der Waals surface area contributed by atoms with Gasteiger partial charge in [0.2, 0.25) is 0 Å². The molecule has 0 aliphatic carbocycles. The maximum atomic E-state index is 14.7. The van der Waals surface area contributed by atoms with Crippen LogP contribution in [0.2, 0.25) is 0 Å². The highest BCUT2D eigenvalue weighted by atomic mass is 19.1. The number of aliphatic hydroxyl groups is 1. The van der Waals surface area contributed by atoms with Crippen LogP contribution in [0.3, 0.4) is 0 Å². The standard InChI is InChI=1S/C22H35FN2O4/c1-5-7-17(8-6-15-26)28-18-9-10-20(19(23)16-18)24-11-13-25(14-12-24)21(27)29-22(2,3)4/h9-10,16-17,26H,5-8,11-15H2,1-4H3/t17-/m0/s1. The number of anilines is 1. The number of aliphatic hydroxyl groups excluding tert-OH is 1. The number of carbonyl (C=O) groups excluding carboxylic acids is 1. The van der Waals surface area contributed by atoms with E-state index in [4.69, 9.17) is 14.6 Å². The molecule has 1 aliphatic heterocycles. The Kier molecular flexibility index (Phi) is 8.56. The number of amides is 1. The average Bonchev–Trinajstić information content (AvgIpc) is 2.65. The van der Waals surface area contributed by atoms with Gasteiger partial charge in [0.15, 0.2) is 0 Å². The molecule has 0 aromatic heterocycles. The van der Waals surface area contributed by atoms with Crippen molar-refractivity contribution < 1.29 is 23.8 Å². The predicted octanol–water partition coefficient (Wildman–Crippen LogP) is 4.20. The number of hydrogen-bond acceptors (Lipinski definition) is 5. The molecule has 6 nitrogen and oxygen atoms in total. The molecule has 1 saturated heterocycles. The molecule has 0 bridgehead atoms. The van der Waals surface area contributed by atoms with E-state index < -0.39 is 5.60 Å². The van der Waals surface area contributed by atoms with Gasteiger partial charge in [0.1, 0.15) is 17.2 Å². The van der Waals surface area contributed by atoms with Crippen molar-refractivity contribution in [2.45, 2.75) is 65.1 Å². The fourth-order valence-electron chi connectivity index (χ4n) is 3.37. The zero-order valence-electron chi connectivity index (χ0n) is 18.1. The summed E-state index contributed by atoms with van der Waals surface area (Å²) in [6, 6.07) is 4.96. The second-order valence-electron chi connectivity index (χ2n) is 8.46. The van der Waals surface area contributed by atoms with E-state index in [1.807, 2.05) is 25.7 Å². The molecule has 1 atom stereocenters. The van der Waals surface area contributed by atoms with Crippen molar-refractivity contribution in [3.8, 4) is 5.75 Å². The summed E-state index contributed by atoms with van der Waals surface area (Å²) < 4.78 is 26.1. The van der Waals surface area contributed by atoms with Crippen LogP contribution in [0.15, 0.2) is 18.2 Å². The van der Waals surface area contributed by atoms with E-state index in [2.05, 4.69) is 6.92 Å². The molecule has 164 valence electrons. The monoisotopic (exact) mass is 410 g/mol. The third-order valence-electron chi connectivity index (χ3n) is 4.79. The molecule has 0 unspecified atom stereocenters. The van der Waals surface area contributed by atoms with E-state index in [0.29, 0.717) is 44.0 Å². The number of rotatable bonds is 8. The van der Waals surface area contributed by atoms with Crippen LogP contribution in [-0.4, -0.2) is 60.6 Å². The van der Waals surface area contributed by atoms with Gasteiger partial charge in [-0.2, -0.15) is 0 Å². The van der Waals surface area contributed by atoms with Gasteiger partial charge < -0.3 is 24.4 Å². The third-order valence-corrected chi connectivity index (χ3v) is 4.79. The number of nitrogens with zero attached hydrogens (tertiary/aromatic N) is 2. The Morgan fingerprint density at radius 1 is 1.21 bits per heavy atom. The second kappa shape index (κ2) is 10.7. The lowest BCUT2D eigenvalue weighted by molar-refractivity contribution is 0.0240. The maximum Gasteiger partial charge on any atom is 0.410 e. The molecule has 1 N–H and O–H groups in total. The van der Waals surface area contributed by atoms with Crippen molar-refractivity contribution >= 4 is 11.8 Å². The lowest BCUT2D eigenvalue weighted by atomic mass is 10.1. The van der Waals surface area contributed by atoms with Crippen LogP contribution in [0.25, 0.3) is 0 Å². The number of piperazine rings is 1. The summed E-state index contributed by atoms with van der Waals surface area (Å²) in [6.45, 7) is 9.82. The third kappa shape index (κ3) is 7.38. The van der Waals surface area contributed by atoms with E-state index in [9.17, 15) is 9.18 Å². The highest BCUT2D eigenvalue weighted by Crippen LogP contribution is 2.27. The van der Waals surface area contributed by atoms with E-state index in [-0.39, 0.29) is 24.6 Å². The maximum absolute atomic E-state index is 14.7. The Morgan fingerprint density at radius 2 is 1.90 bits per heavy atom. The first-order chi connectivity index (χ1) is 13.7. The largest absolute Gasteiger partial charge is 0.490 e. The Labute approximate surface area is 173 Å². The van der Waals surface area contributed by atoms with Gasteiger partial charge in [0.05, 0.1) is 11.8 Å². The molecule has 1 aliphatic rings. The summed E-state index contributed by atoms with van der Waals surface area (Å²) >= 11 is 0. The molecule has 1 aromatic rings. The van der Waals surface area contributed by atoms with Gasteiger partial charge in [-0.25, -0.2) is 9.18 Å². The van der Waals surface area contributed by atoms with Gasteiger partial charge in [-0.3, -0.25) is 0 Å². The molecule has 1 fully saturated rings. The van der Waals surface area contributed by atoms with Gasteiger partial charge in [-0.05, 0) is 52.2 Å². The van der Waals surface area contributed by atoms with Gasteiger partial charge in [-0.15, -0.1) is 0 Å². The van der Waals surface area contributed by atoms with Crippen molar-refractivity contribution in [3.05, 3.63) is 24.0 Å². The number of halogens is 1. The first-order valence-corrected chi connectivity index (χ1v) is 10.5. The SMILES string of the molecule is CCC[C@@H](CCCO)Oc1ccc(N2CCN(C(=O)OC(C)(C)C)CC2)c(F)c1. The first kappa shape index (κ1) is 23.3. The van der Waals surface area contributed by atoms with Crippen LogP contribution in [0.1, 0.15) is 53.4 Å². The normalized spacial score (nSPS) is 15.9. The fraction of sp³-hybridized carbons (Fsp3) is 0.682. The summed E-state index contributed by atoms with van der Waals surface area (Å²) in [5.41, 5.74) is -0.00762. The van der Waals surface area contributed by atoms with Crippen LogP contribution >= 0.6 is 0 Å². The smallest absolute Gasteiger partial charge is 0.410 e. The van der Waals surface area contributed by atoms with Crippen LogP contribution in [0, 0.1) is 5.82 Å². The number of carbonyl (C=O) groups is 1. The molecule has 0 radical (unpaired) electrons. The Balaban J connectivity index is 1.94. The quantitative estimate of drug-likeness (QED) is 0.696. The van der Waals surface area contributed by atoms with E-state index in [1.54, 1.807) is 17.0 Å². The van der Waals surface area contributed by atoms with Crippen molar-refractivity contribution in [1.29, 1.82) is 0 Å². The van der Waals surface area contributed by atoms with Crippen LogP contribution in [0.5, 0.6) is 5.75 Å². The van der Waals surface area contributed by atoms with E-state index >= 15 is 0 Å². The fourth-order valence-corrected chi connectivity index (χ4v) is 3.37. The van der Waals surface area contributed by atoms with E-state index in [0.717, 1.165) is 19.3 Å². The minimum Gasteiger partial charge on any atom is -0.490 e. The molecule has 1 amide bonds. The van der Waals surface area contributed by atoms with Crippen LogP contribution in [-0.2, 0) is 4.74 Å². The number of ether oxygens (including phenoxy) is 2. The Bertz CT molecular complexity index is 655. The molecular weight excluding hydrogens is 375 g/mol. The van der Waals surface area contributed by atoms with Crippen molar-refractivity contribution in [2.75, 3.05) is 37.7 Å². The zero-order valence-corrected chi connectivity index (χ0v) is 18.1. The Hall–Kier alpha value is -2.02. The van der Waals surface area contributed by atoms with E-state index in [1.165, 1.54) is 6.07 Å². The lowest BCUT2D eigenvalue weighted by Gasteiger charge is -2.36. The van der Waals surface area contributed by atoms with Gasteiger partial charge in [0, 0.05) is 38.9 Å². The Morgan fingerprint density at radius 3 is 2.45 bits per heavy atom. The van der Waals surface area contributed by atoms with Crippen LogP contribution in [0.4, 0.5) is 14.9 Å². The summed E-state index contributed by atoms with van der Waals surface area (Å²) in [5, 5.41) is 9.03. The number of benzene rings is 1. The molecule has 0 saturated carbocycles. The van der Waals surface area contributed by atoms with Gasteiger partial charge in [0.25, 0.3) is 0 Å². The molecule has 7 heteroatoms. The van der Waals surface area contributed by atoms with Gasteiger partial charge >= 0.3 is 6.09 Å². The van der Waals surface area contributed by atoms with Crippen LogP contribution < -0.4 is 9.64 Å². The van der Waals surface area contributed by atoms with Crippen molar-refractivity contribution in [3.63, 3.8) is 0 Å². The molecule has 29 heavy (non-hydrogen) atoms. The first-order valence-electron chi connectivity index (χ1n) is 10.5. The molecule has 1 aromatic carbocycles. The highest BCUT2D eigenvalue weighted by molar-refractivity contribution is 5.68. The summed E-state index contributed by atoms with van der Waals surface area (Å²) in [6.07, 6.45) is 2.92. The number of hydrogen-bond donors (Lipinski definition) is 1. The topological polar surface area (TPSA) is 62.2 Å². The second-order valence-corrected chi connectivity index (χ2v) is 8.46. The zero-order chi connectivity index (χ0) is 21.4. The highest BCUT2D eigenvalue weighted by Gasteiger charge is 2.27.